The van der Waals surface area contributed by atoms with Gasteiger partial charge in [0.1, 0.15) is 17.5 Å². The molecule has 136 valence electrons. The molecule has 0 aliphatic carbocycles. The number of hydrogen-bond donors (Lipinski definition) is 1. The first-order valence-corrected chi connectivity index (χ1v) is 9.28. The Kier molecular flexibility index (Phi) is 5.76. The van der Waals surface area contributed by atoms with Crippen LogP contribution in [0, 0.1) is 12.7 Å². The van der Waals surface area contributed by atoms with E-state index in [9.17, 15) is 4.39 Å². The van der Waals surface area contributed by atoms with E-state index in [1.165, 1.54) is 12.1 Å². The minimum Gasteiger partial charge on any atom is -0.340 e. The summed E-state index contributed by atoms with van der Waals surface area (Å²) in [5.74, 6) is 1.83. The van der Waals surface area contributed by atoms with Crippen molar-refractivity contribution in [2.75, 3.05) is 0 Å². The Bertz CT molecular complexity index is 849. The molecule has 1 aromatic carbocycles. The summed E-state index contributed by atoms with van der Waals surface area (Å²) in [7, 11) is 0. The van der Waals surface area contributed by atoms with E-state index in [4.69, 9.17) is 4.98 Å². The lowest BCUT2D eigenvalue weighted by Crippen LogP contribution is -2.01. The van der Waals surface area contributed by atoms with Crippen LogP contribution < -0.4 is 0 Å². The van der Waals surface area contributed by atoms with Gasteiger partial charge in [-0.15, -0.1) is 0 Å². The maximum atomic E-state index is 13.4. The van der Waals surface area contributed by atoms with Crippen LogP contribution in [0.2, 0.25) is 0 Å². The molecule has 2 heterocycles. The molecular formula is C21H25FN4. The van der Waals surface area contributed by atoms with Gasteiger partial charge in [-0.1, -0.05) is 26.7 Å². The maximum Gasteiger partial charge on any atom is 0.125 e. The topological polar surface area (TPSA) is 54.5 Å². The normalized spacial score (nSPS) is 11.3. The molecule has 26 heavy (non-hydrogen) atoms. The number of aryl methyl sites for hydroxylation is 1. The van der Waals surface area contributed by atoms with Gasteiger partial charge in [-0.05, 0) is 50.1 Å². The fourth-order valence-corrected chi connectivity index (χ4v) is 3.30. The molecule has 1 N–H and O–H groups in total. The van der Waals surface area contributed by atoms with Crippen LogP contribution in [0.1, 0.15) is 57.1 Å². The van der Waals surface area contributed by atoms with Crippen molar-refractivity contribution in [3.05, 3.63) is 54.0 Å². The first-order valence-electron chi connectivity index (χ1n) is 9.28. The van der Waals surface area contributed by atoms with Crippen LogP contribution in [0.25, 0.3) is 22.6 Å². The molecule has 3 rings (SSSR count). The van der Waals surface area contributed by atoms with Gasteiger partial charge in [-0.3, -0.25) is 0 Å². The van der Waals surface area contributed by atoms with E-state index >= 15 is 0 Å². The average Bonchev–Trinajstić information content (AvgIpc) is 3.07. The monoisotopic (exact) mass is 352 g/mol. The molecule has 0 atom stereocenters. The minimum atomic E-state index is -0.251. The Morgan fingerprint density at radius 1 is 1.00 bits per heavy atom. The summed E-state index contributed by atoms with van der Waals surface area (Å²) in [6.45, 7) is 6.26. The van der Waals surface area contributed by atoms with Gasteiger partial charge >= 0.3 is 0 Å². The number of imidazole rings is 1. The van der Waals surface area contributed by atoms with Gasteiger partial charge in [-0.25, -0.2) is 19.3 Å². The third kappa shape index (κ3) is 3.98. The van der Waals surface area contributed by atoms with Crippen LogP contribution in [0.4, 0.5) is 4.39 Å². The van der Waals surface area contributed by atoms with Crippen molar-refractivity contribution < 1.29 is 4.39 Å². The van der Waals surface area contributed by atoms with Gasteiger partial charge in [0.05, 0.1) is 17.1 Å². The number of aromatic nitrogens is 4. The van der Waals surface area contributed by atoms with Gasteiger partial charge in [0, 0.05) is 17.7 Å². The minimum absolute atomic E-state index is 0.251. The van der Waals surface area contributed by atoms with Crippen LogP contribution >= 0.6 is 0 Å². The number of nitrogens with zero attached hydrogens (tertiary/aromatic N) is 3. The van der Waals surface area contributed by atoms with Crippen LogP contribution in [-0.4, -0.2) is 19.9 Å². The molecule has 0 aliphatic heterocycles. The lowest BCUT2D eigenvalue weighted by Gasteiger charge is -2.11. The number of rotatable bonds is 7. The summed E-state index contributed by atoms with van der Waals surface area (Å²) in [5, 5.41) is 0. The van der Waals surface area contributed by atoms with E-state index in [0.717, 1.165) is 54.2 Å². The Balaban J connectivity index is 2.12. The maximum absolute atomic E-state index is 13.4. The van der Waals surface area contributed by atoms with Crippen molar-refractivity contribution in [3.8, 4) is 22.6 Å². The molecule has 4 nitrogen and oxygen atoms in total. The molecule has 0 saturated heterocycles. The Morgan fingerprint density at radius 2 is 1.69 bits per heavy atom. The van der Waals surface area contributed by atoms with E-state index in [-0.39, 0.29) is 5.82 Å². The van der Waals surface area contributed by atoms with E-state index in [2.05, 4.69) is 28.8 Å². The molecule has 2 aromatic heterocycles. The van der Waals surface area contributed by atoms with E-state index < -0.39 is 0 Å². The summed E-state index contributed by atoms with van der Waals surface area (Å²) in [6, 6.07) is 8.34. The number of nitrogens with one attached hydrogen (secondary N) is 1. The molecule has 0 unspecified atom stereocenters. The number of benzene rings is 1. The number of halogens is 1. The zero-order valence-corrected chi connectivity index (χ0v) is 15.6. The number of aromatic amines is 1. The molecule has 3 aromatic rings. The molecule has 0 radical (unpaired) electrons. The second-order valence-electron chi connectivity index (χ2n) is 6.62. The highest BCUT2D eigenvalue weighted by molar-refractivity contribution is 5.76. The van der Waals surface area contributed by atoms with E-state index in [1.807, 2.05) is 13.0 Å². The Hall–Kier alpha value is -2.56. The first-order chi connectivity index (χ1) is 12.6. The summed E-state index contributed by atoms with van der Waals surface area (Å²) >= 11 is 0. The second-order valence-corrected chi connectivity index (χ2v) is 6.62. The fourth-order valence-electron chi connectivity index (χ4n) is 3.30. The average molecular weight is 352 g/mol. The van der Waals surface area contributed by atoms with Crippen molar-refractivity contribution in [3.63, 3.8) is 0 Å². The van der Waals surface area contributed by atoms with Crippen molar-refractivity contribution in [1.82, 2.24) is 19.9 Å². The molecule has 0 saturated carbocycles. The van der Waals surface area contributed by atoms with Gasteiger partial charge in [-0.2, -0.15) is 0 Å². The van der Waals surface area contributed by atoms with Crippen LogP contribution in [-0.2, 0) is 0 Å². The standard InChI is InChI=1S/C21H25FN4/c1-4-6-16(7-5-2)21-25-19(15-8-10-17(22)11-9-15)20(26-21)18-12-13-23-14(3)24-18/h8-13,16H,4-7H2,1-3H3,(H,25,26). The zero-order chi connectivity index (χ0) is 18.5. The Labute approximate surface area is 153 Å². The quantitative estimate of drug-likeness (QED) is 0.596. The second kappa shape index (κ2) is 8.21. The molecule has 0 fully saturated rings. The van der Waals surface area contributed by atoms with E-state index in [1.54, 1.807) is 18.3 Å². The summed E-state index contributed by atoms with van der Waals surface area (Å²) < 4.78 is 13.4. The summed E-state index contributed by atoms with van der Waals surface area (Å²) in [6.07, 6.45) is 6.15. The molecule has 0 bridgehead atoms. The van der Waals surface area contributed by atoms with Gasteiger partial charge in [0.2, 0.25) is 0 Å². The highest BCUT2D eigenvalue weighted by Crippen LogP contribution is 2.33. The summed E-state index contributed by atoms with van der Waals surface area (Å²) in [5.41, 5.74) is 3.37. The molecule has 5 heteroatoms. The SMILES string of the molecule is CCCC(CCC)c1nc(-c2ccc(F)cc2)c(-c2ccnc(C)n2)[nH]1. The predicted octanol–water partition coefficient (Wildman–Crippen LogP) is 5.67. The number of hydrogen-bond acceptors (Lipinski definition) is 3. The summed E-state index contributed by atoms with van der Waals surface area (Å²) in [4.78, 5) is 17.2. The molecule has 0 amide bonds. The van der Waals surface area contributed by atoms with Crippen molar-refractivity contribution in [2.45, 2.75) is 52.4 Å². The highest BCUT2D eigenvalue weighted by Gasteiger charge is 2.20. The van der Waals surface area contributed by atoms with Crippen LogP contribution in [0.3, 0.4) is 0 Å². The number of H-pyrrole nitrogens is 1. The smallest absolute Gasteiger partial charge is 0.125 e. The van der Waals surface area contributed by atoms with E-state index in [0.29, 0.717) is 11.7 Å². The van der Waals surface area contributed by atoms with Crippen molar-refractivity contribution in [1.29, 1.82) is 0 Å². The third-order valence-electron chi connectivity index (χ3n) is 4.53. The largest absolute Gasteiger partial charge is 0.340 e. The van der Waals surface area contributed by atoms with Crippen molar-refractivity contribution in [2.24, 2.45) is 0 Å². The highest BCUT2D eigenvalue weighted by atomic mass is 19.1. The molecule has 0 aliphatic rings. The first kappa shape index (κ1) is 18.2. The van der Waals surface area contributed by atoms with Gasteiger partial charge in [0.15, 0.2) is 0 Å². The lowest BCUT2D eigenvalue weighted by molar-refractivity contribution is 0.538. The van der Waals surface area contributed by atoms with Gasteiger partial charge in [0.25, 0.3) is 0 Å². The van der Waals surface area contributed by atoms with Crippen LogP contribution in [0.5, 0.6) is 0 Å². The third-order valence-corrected chi connectivity index (χ3v) is 4.53. The Morgan fingerprint density at radius 3 is 2.31 bits per heavy atom. The van der Waals surface area contributed by atoms with Gasteiger partial charge < -0.3 is 4.98 Å². The van der Waals surface area contributed by atoms with Crippen molar-refractivity contribution >= 4 is 0 Å². The zero-order valence-electron chi connectivity index (χ0n) is 15.6. The molecule has 0 spiro atoms. The lowest BCUT2D eigenvalue weighted by atomic mass is 9.98. The predicted molar refractivity (Wildman–Crippen MR) is 102 cm³/mol. The van der Waals surface area contributed by atoms with Crippen LogP contribution in [0.15, 0.2) is 36.5 Å². The molecular weight excluding hydrogens is 327 g/mol. The fraction of sp³-hybridized carbons (Fsp3) is 0.381.